The van der Waals surface area contributed by atoms with Gasteiger partial charge in [0.05, 0.1) is 17.6 Å². The summed E-state index contributed by atoms with van der Waals surface area (Å²) in [7, 11) is 0. The molecule has 0 saturated carbocycles. The number of hydrogen-bond donors (Lipinski definition) is 0. The van der Waals surface area contributed by atoms with E-state index >= 15 is 0 Å². The fourth-order valence-electron chi connectivity index (χ4n) is 3.11. The van der Waals surface area contributed by atoms with Crippen LogP contribution in [0.2, 0.25) is 5.15 Å². The summed E-state index contributed by atoms with van der Waals surface area (Å²) in [5.41, 5.74) is 1.06. The van der Waals surface area contributed by atoms with E-state index in [0.29, 0.717) is 18.4 Å². The van der Waals surface area contributed by atoms with Crippen LogP contribution in [0.1, 0.15) is 40.0 Å². The standard InChI is InChI=1S/C20H26ClN3O3/c1-20(2,3)27-19(25)24-11-8-14(9-12-24)10-13-26-18-17(21)22-15-6-4-5-7-16(15)23-18/h4-7,14H,8-13H2,1-3H3. The largest absolute Gasteiger partial charge is 0.475 e. The maximum atomic E-state index is 12.1. The van der Waals surface area contributed by atoms with Gasteiger partial charge in [0.15, 0.2) is 5.15 Å². The molecule has 1 aliphatic heterocycles. The number of benzene rings is 1. The summed E-state index contributed by atoms with van der Waals surface area (Å²) in [5, 5.41) is 0.286. The van der Waals surface area contributed by atoms with Crippen molar-refractivity contribution >= 4 is 28.7 Å². The molecule has 146 valence electrons. The summed E-state index contributed by atoms with van der Waals surface area (Å²) in [4.78, 5) is 22.7. The van der Waals surface area contributed by atoms with Gasteiger partial charge in [0.1, 0.15) is 5.60 Å². The molecule has 7 heteroatoms. The molecule has 27 heavy (non-hydrogen) atoms. The van der Waals surface area contributed by atoms with Crippen LogP contribution in [-0.2, 0) is 4.74 Å². The zero-order valence-electron chi connectivity index (χ0n) is 16.1. The maximum absolute atomic E-state index is 12.1. The topological polar surface area (TPSA) is 64.5 Å². The van der Waals surface area contributed by atoms with E-state index in [0.717, 1.165) is 43.4 Å². The van der Waals surface area contributed by atoms with Gasteiger partial charge in [0.2, 0.25) is 0 Å². The van der Waals surface area contributed by atoms with Gasteiger partial charge in [-0.3, -0.25) is 0 Å². The fraction of sp³-hybridized carbons (Fsp3) is 0.550. The Balaban J connectivity index is 1.46. The highest BCUT2D eigenvalue weighted by Crippen LogP contribution is 2.25. The minimum absolute atomic E-state index is 0.226. The highest BCUT2D eigenvalue weighted by molar-refractivity contribution is 6.31. The molecule has 1 aromatic heterocycles. The number of carbonyl (C=O) groups is 1. The number of aromatic nitrogens is 2. The number of carbonyl (C=O) groups excluding carboxylic acids is 1. The number of amides is 1. The zero-order chi connectivity index (χ0) is 19.4. The summed E-state index contributed by atoms with van der Waals surface area (Å²) >= 11 is 6.17. The molecule has 6 nitrogen and oxygen atoms in total. The molecule has 1 amide bonds. The molecule has 0 radical (unpaired) electrons. The van der Waals surface area contributed by atoms with Crippen molar-refractivity contribution in [2.75, 3.05) is 19.7 Å². The van der Waals surface area contributed by atoms with Crippen LogP contribution in [-0.4, -0.2) is 46.3 Å². The van der Waals surface area contributed by atoms with E-state index < -0.39 is 5.60 Å². The third-order valence-electron chi connectivity index (χ3n) is 4.53. The first kappa shape index (κ1) is 19.7. The number of fused-ring (bicyclic) bond motifs is 1. The number of rotatable bonds is 4. The molecule has 0 spiro atoms. The van der Waals surface area contributed by atoms with Crippen molar-refractivity contribution in [1.82, 2.24) is 14.9 Å². The van der Waals surface area contributed by atoms with Crippen LogP contribution < -0.4 is 4.74 Å². The number of halogens is 1. The second-order valence-corrected chi connectivity index (χ2v) is 8.21. The SMILES string of the molecule is CC(C)(C)OC(=O)N1CCC(CCOc2nc3ccccc3nc2Cl)CC1. The summed E-state index contributed by atoms with van der Waals surface area (Å²) in [5.74, 6) is 0.887. The van der Waals surface area contributed by atoms with Crippen molar-refractivity contribution in [3.63, 3.8) is 0 Å². The summed E-state index contributed by atoms with van der Waals surface area (Å²) in [6.45, 7) is 7.62. The Hall–Kier alpha value is -2.08. The van der Waals surface area contributed by atoms with Gasteiger partial charge in [-0.05, 0) is 58.1 Å². The molecule has 1 saturated heterocycles. The van der Waals surface area contributed by atoms with Gasteiger partial charge in [0, 0.05) is 13.1 Å². The van der Waals surface area contributed by atoms with Gasteiger partial charge in [-0.2, -0.15) is 0 Å². The second-order valence-electron chi connectivity index (χ2n) is 7.86. The molecule has 0 atom stereocenters. The molecule has 0 N–H and O–H groups in total. The Kier molecular flexibility index (Phi) is 6.05. The number of para-hydroxylation sites is 2. The van der Waals surface area contributed by atoms with Crippen LogP contribution in [0.4, 0.5) is 4.79 Å². The van der Waals surface area contributed by atoms with Crippen LogP contribution in [0.15, 0.2) is 24.3 Å². The second kappa shape index (κ2) is 8.30. The number of hydrogen-bond acceptors (Lipinski definition) is 5. The highest BCUT2D eigenvalue weighted by atomic mass is 35.5. The van der Waals surface area contributed by atoms with E-state index in [1.54, 1.807) is 4.90 Å². The highest BCUT2D eigenvalue weighted by Gasteiger charge is 2.26. The Morgan fingerprint density at radius 3 is 2.44 bits per heavy atom. The first-order chi connectivity index (χ1) is 12.8. The maximum Gasteiger partial charge on any atom is 0.410 e. The van der Waals surface area contributed by atoms with E-state index in [4.69, 9.17) is 21.1 Å². The van der Waals surface area contributed by atoms with E-state index in [2.05, 4.69) is 9.97 Å². The predicted molar refractivity (Wildman–Crippen MR) is 105 cm³/mol. The molecule has 0 aliphatic carbocycles. The number of likely N-dealkylation sites (tertiary alicyclic amines) is 1. The smallest absolute Gasteiger partial charge is 0.410 e. The third-order valence-corrected chi connectivity index (χ3v) is 4.78. The van der Waals surface area contributed by atoms with Crippen LogP contribution in [0.3, 0.4) is 0 Å². The van der Waals surface area contributed by atoms with Crippen molar-refractivity contribution in [2.45, 2.75) is 45.6 Å². The lowest BCUT2D eigenvalue weighted by Crippen LogP contribution is -2.41. The Bertz CT molecular complexity index is 799. The molecule has 2 aromatic rings. The Morgan fingerprint density at radius 1 is 1.19 bits per heavy atom. The van der Waals surface area contributed by atoms with Crippen molar-refractivity contribution in [3.8, 4) is 5.88 Å². The van der Waals surface area contributed by atoms with Crippen molar-refractivity contribution in [3.05, 3.63) is 29.4 Å². The quantitative estimate of drug-likeness (QED) is 0.755. The van der Waals surface area contributed by atoms with Gasteiger partial charge in [0.25, 0.3) is 5.88 Å². The molecule has 0 unspecified atom stereocenters. The monoisotopic (exact) mass is 391 g/mol. The Morgan fingerprint density at radius 2 is 1.81 bits per heavy atom. The lowest BCUT2D eigenvalue weighted by atomic mass is 9.94. The van der Waals surface area contributed by atoms with E-state index in [-0.39, 0.29) is 11.2 Å². The van der Waals surface area contributed by atoms with Gasteiger partial charge in [-0.15, -0.1) is 0 Å². The number of nitrogens with zero attached hydrogens (tertiary/aromatic N) is 3. The van der Waals surface area contributed by atoms with Crippen molar-refractivity contribution in [1.29, 1.82) is 0 Å². The Labute approximate surface area is 164 Å². The van der Waals surface area contributed by atoms with Crippen molar-refractivity contribution < 1.29 is 14.3 Å². The summed E-state index contributed by atoms with van der Waals surface area (Å²) in [6, 6.07) is 7.57. The molecule has 1 aliphatic rings. The predicted octanol–water partition coefficient (Wildman–Crippen LogP) is 4.70. The molecule has 2 heterocycles. The minimum atomic E-state index is -0.456. The van der Waals surface area contributed by atoms with Gasteiger partial charge in [-0.1, -0.05) is 23.7 Å². The fourth-order valence-corrected chi connectivity index (χ4v) is 3.30. The molecule has 3 rings (SSSR count). The van der Waals surface area contributed by atoms with Crippen LogP contribution in [0.5, 0.6) is 5.88 Å². The molecular weight excluding hydrogens is 366 g/mol. The average molecular weight is 392 g/mol. The average Bonchev–Trinajstić information content (AvgIpc) is 2.61. The zero-order valence-corrected chi connectivity index (χ0v) is 16.8. The lowest BCUT2D eigenvalue weighted by Gasteiger charge is -2.33. The van der Waals surface area contributed by atoms with Gasteiger partial charge < -0.3 is 14.4 Å². The molecule has 1 aromatic carbocycles. The normalized spacial score (nSPS) is 15.8. The van der Waals surface area contributed by atoms with E-state index in [1.807, 2.05) is 45.0 Å². The van der Waals surface area contributed by atoms with Gasteiger partial charge in [-0.25, -0.2) is 14.8 Å². The van der Waals surface area contributed by atoms with Crippen LogP contribution in [0.25, 0.3) is 11.0 Å². The van der Waals surface area contributed by atoms with Crippen LogP contribution in [0, 0.1) is 5.92 Å². The summed E-state index contributed by atoms with van der Waals surface area (Å²) < 4.78 is 11.2. The minimum Gasteiger partial charge on any atom is -0.475 e. The number of piperidine rings is 1. The third kappa shape index (κ3) is 5.45. The van der Waals surface area contributed by atoms with Crippen molar-refractivity contribution in [2.24, 2.45) is 5.92 Å². The molecule has 1 fully saturated rings. The van der Waals surface area contributed by atoms with Gasteiger partial charge >= 0.3 is 6.09 Å². The molecule has 0 bridgehead atoms. The first-order valence-corrected chi connectivity index (χ1v) is 9.72. The van der Waals surface area contributed by atoms with Crippen LogP contribution >= 0.6 is 11.6 Å². The molecular formula is C20H26ClN3O3. The first-order valence-electron chi connectivity index (χ1n) is 9.35. The van der Waals surface area contributed by atoms with E-state index in [9.17, 15) is 4.79 Å². The van der Waals surface area contributed by atoms with E-state index in [1.165, 1.54) is 0 Å². The number of ether oxygens (including phenoxy) is 2. The lowest BCUT2D eigenvalue weighted by molar-refractivity contribution is 0.0177. The summed E-state index contributed by atoms with van der Waals surface area (Å²) in [6.07, 6.45) is 2.56.